The van der Waals surface area contributed by atoms with Gasteiger partial charge in [-0.25, -0.2) is 4.79 Å². The molecular formula is C22H24BrNO3. The molecule has 0 aromatic heterocycles. The lowest BCUT2D eigenvalue weighted by Gasteiger charge is -2.47. The van der Waals surface area contributed by atoms with Crippen LogP contribution < -0.4 is 4.74 Å². The van der Waals surface area contributed by atoms with Gasteiger partial charge in [0, 0.05) is 22.0 Å². The predicted octanol–water partition coefficient (Wildman–Crippen LogP) is 4.84. The first-order valence-electron chi connectivity index (χ1n) is 9.30. The van der Waals surface area contributed by atoms with Crippen molar-refractivity contribution in [3.63, 3.8) is 0 Å². The van der Waals surface area contributed by atoms with Crippen molar-refractivity contribution in [3.8, 4) is 5.75 Å². The number of hydrogen-bond acceptors (Lipinski definition) is 3. The van der Waals surface area contributed by atoms with Gasteiger partial charge in [-0.1, -0.05) is 45.8 Å². The zero-order valence-corrected chi connectivity index (χ0v) is 17.5. The minimum Gasteiger partial charge on any atom is -0.496 e. The van der Waals surface area contributed by atoms with Gasteiger partial charge in [0.05, 0.1) is 20.3 Å². The second-order valence-electron chi connectivity index (χ2n) is 7.43. The highest BCUT2D eigenvalue weighted by Gasteiger charge is 2.55. The molecular weight excluding hydrogens is 406 g/mol. The molecule has 27 heavy (non-hydrogen) atoms. The summed E-state index contributed by atoms with van der Waals surface area (Å²) in [5.74, 6) is 0.893. The summed E-state index contributed by atoms with van der Waals surface area (Å²) in [6, 6.07) is 12.8. The number of halogens is 1. The van der Waals surface area contributed by atoms with Gasteiger partial charge in [-0.2, -0.15) is 0 Å². The summed E-state index contributed by atoms with van der Waals surface area (Å²) in [6.07, 6.45) is 2.44. The number of benzene rings is 2. The molecule has 4 nitrogen and oxygen atoms in total. The first-order valence-corrected chi connectivity index (χ1v) is 10.1. The zero-order valence-electron chi connectivity index (χ0n) is 15.9. The van der Waals surface area contributed by atoms with Crippen LogP contribution in [0.15, 0.2) is 40.9 Å². The molecule has 0 bridgehead atoms. The average Bonchev–Trinajstić information content (AvgIpc) is 3.05. The van der Waals surface area contributed by atoms with Gasteiger partial charge in [-0.05, 0) is 49.4 Å². The van der Waals surface area contributed by atoms with Gasteiger partial charge in [-0.15, -0.1) is 0 Å². The molecule has 0 unspecified atom stereocenters. The predicted molar refractivity (Wildman–Crippen MR) is 108 cm³/mol. The Kier molecular flexibility index (Phi) is 4.66. The Balaban J connectivity index is 2.01. The Bertz CT molecular complexity index is 897. The van der Waals surface area contributed by atoms with Gasteiger partial charge in [0.1, 0.15) is 5.75 Å². The van der Waals surface area contributed by atoms with Crippen molar-refractivity contribution in [1.82, 2.24) is 4.90 Å². The number of fused-ring (bicyclic) bond motifs is 3. The van der Waals surface area contributed by atoms with Crippen molar-refractivity contribution in [1.29, 1.82) is 0 Å². The second kappa shape index (κ2) is 6.86. The van der Waals surface area contributed by atoms with E-state index in [-0.39, 0.29) is 17.6 Å². The van der Waals surface area contributed by atoms with Gasteiger partial charge in [0.15, 0.2) is 0 Å². The molecule has 142 valence electrons. The molecule has 0 saturated carbocycles. The number of carbonyl (C=O) groups excluding carboxylic acids is 1. The lowest BCUT2D eigenvalue weighted by molar-refractivity contribution is 0.0683. The smallest absolute Gasteiger partial charge is 0.409 e. The largest absolute Gasteiger partial charge is 0.496 e. The van der Waals surface area contributed by atoms with Crippen LogP contribution in [0.1, 0.15) is 35.1 Å². The van der Waals surface area contributed by atoms with Gasteiger partial charge < -0.3 is 14.4 Å². The van der Waals surface area contributed by atoms with Crippen LogP contribution in [0.4, 0.5) is 4.79 Å². The van der Waals surface area contributed by atoms with Crippen LogP contribution in [-0.2, 0) is 16.6 Å². The van der Waals surface area contributed by atoms with E-state index in [1.165, 1.54) is 29.4 Å². The van der Waals surface area contributed by atoms with Crippen LogP contribution in [0.3, 0.4) is 0 Å². The molecule has 0 N–H and O–H groups in total. The van der Waals surface area contributed by atoms with E-state index in [0.717, 1.165) is 36.0 Å². The topological polar surface area (TPSA) is 38.8 Å². The number of hydrogen-bond donors (Lipinski definition) is 0. The Hall–Kier alpha value is -2.01. The summed E-state index contributed by atoms with van der Waals surface area (Å²) in [5.41, 5.74) is 4.62. The zero-order chi connectivity index (χ0) is 19.2. The monoisotopic (exact) mass is 429 g/mol. The number of methoxy groups -OCH3 is 2. The summed E-state index contributed by atoms with van der Waals surface area (Å²) in [5, 5.41) is 0. The number of nitrogens with zero attached hydrogens (tertiary/aromatic N) is 1. The van der Waals surface area contributed by atoms with Crippen molar-refractivity contribution in [2.45, 2.75) is 37.6 Å². The number of likely N-dealkylation sites (tertiary alicyclic amines) is 1. The average molecular weight is 430 g/mol. The summed E-state index contributed by atoms with van der Waals surface area (Å²) in [4.78, 5) is 14.5. The molecule has 1 heterocycles. The molecule has 2 aromatic carbocycles. The molecule has 5 heteroatoms. The molecule has 1 aliphatic heterocycles. The number of rotatable bonds is 2. The third kappa shape index (κ3) is 2.66. The van der Waals surface area contributed by atoms with Crippen LogP contribution in [0, 0.1) is 6.92 Å². The van der Waals surface area contributed by atoms with Gasteiger partial charge >= 0.3 is 6.09 Å². The minimum atomic E-state index is -0.289. The van der Waals surface area contributed by atoms with E-state index in [0.29, 0.717) is 0 Å². The fourth-order valence-corrected chi connectivity index (χ4v) is 5.58. The molecule has 2 aliphatic rings. The maximum atomic E-state index is 12.6. The first-order chi connectivity index (χ1) is 13.0. The number of ether oxygens (including phenoxy) is 2. The van der Waals surface area contributed by atoms with E-state index in [4.69, 9.17) is 9.47 Å². The van der Waals surface area contributed by atoms with E-state index in [1.54, 1.807) is 7.11 Å². The van der Waals surface area contributed by atoms with Crippen molar-refractivity contribution >= 4 is 22.0 Å². The number of piperidine rings is 1. The third-order valence-electron chi connectivity index (χ3n) is 6.14. The molecule has 2 atom stereocenters. The van der Waals surface area contributed by atoms with Crippen molar-refractivity contribution < 1.29 is 14.3 Å². The molecule has 1 aliphatic carbocycles. The maximum absolute atomic E-state index is 12.6. The van der Waals surface area contributed by atoms with Crippen LogP contribution in [-0.4, -0.2) is 37.8 Å². The molecule has 4 rings (SSSR count). The second-order valence-corrected chi connectivity index (χ2v) is 8.29. The highest BCUT2D eigenvalue weighted by atomic mass is 79.9. The van der Waals surface area contributed by atoms with E-state index < -0.39 is 0 Å². The Labute approximate surface area is 168 Å². The van der Waals surface area contributed by atoms with Crippen LogP contribution in [0.25, 0.3) is 0 Å². The summed E-state index contributed by atoms with van der Waals surface area (Å²) < 4.78 is 12.0. The number of carbonyl (C=O) groups is 1. The molecule has 1 fully saturated rings. The SMILES string of the molecule is COC(=O)N1CCC[C@]2(c3cccc(C)c3)c3c(OC)ccc(Br)c3C[C@H]12. The molecule has 1 amide bonds. The molecule has 0 spiro atoms. The maximum Gasteiger partial charge on any atom is 0.409 e. The normalized spacial score (nSPS) is 23.6. The van der Waals surface area contributed by atoms with Crippen LogP contribution in [0.2, 0.25) is 0 Å². The van der Waals surface area contributed by atoms with E-state index in [1.807, 2.05) is 17.0 Å². The molecule has 2 aromatic rings. The van der Waals surface area contributed by atoms with Crippen molar-refractivity contribution in [3.05, 3.63) is 63.1 Å². The highest BCUT2D eigenvalue weighted by molar-refractivity contribution is 9.10. The quantitative estimate of drug-likeness (QED) is 0.685. The summed E-state index contributed by atoms with van der Waals surface area (Å²) in [6.45, 7) is 2.84. The van der Waals surface area contributed by atoms with Crippen LogP contribution >= 0.6 is 15.9 Å². The van der Waals surface area contributed by atoms with E-state index >= 15 is 0 Å². The Morgan fingerprint density at radius 2 is 2.07 bits per heavy atom. The lowest BCUT2D eigenvalue weighted by atomic mass is 9.67. The Morgan fingerprint density at radius 1 is 1.26 bits per heavy atom. The lowest BCUT2D eigenvalue weighted by Crippen LogP contribution is -2.55. The summed E-state index contributed by atoms with van der Waals surface area (Å²) >= 11 is 3.74. The number of aryl methyl sites for hydroxylation is 1. The standard InChI is InChI=1S/C22H24BrNO3/c1-14-6-4-7-15(12-14)22-10-5-11-24(21(25)27-3)19(22)13-16-17(23)8-9-18(26-2)20(16)22/h4,6-9,12,19H,5,10-11,13H2,1-3H3/t19-,22+/m0/s1. The fraction of sp³-hybridized carbons (Fsp3) is 0.409. The van der Waals surface area contributed by atoms with Gasteiger partial charge in [0.2, 0.25) is 0 Å². The number of amides is 1. The van der Waals surface area contributed by atoms with Crippen molar-refractivity contribution in [2.24, 2.45) is 0 Å². The van der Waals surface area contributed by atoms with E-state index in [9.17, 15) is 4.79 Å². The van der Waals surface area contributed by atoms with Crippen molar-refractivity contribution in [2.75, 3.05) is 20.8 Å². The highest BCUT2D eigenvalue weighted by Crippen LogP contribution is 2.56. The summed E-state index contributed by atoms with van der Waals surface area (Å²) in [7, 11) is 3.19. The van der Waals surface area contributed by atoms with E-state index in [2.05, 4.69) is 47.1 Å². The van der Waals surface area contributed by atoms with Crippen LogP contribution in [0.5, 0.6) is 5.75 Å². The minimum absolute atomic E-state index is 0.0168. The fourth-order valence-electron chi connectivity index (χ4n) is 5.09. The Morgan fingerprint density at radius 3 is 2.78 bits per heavy atom. The third-order valence-corrected chi connectivity index (χ3v) is 6.88. The first kappa shape index (κ1) is 18.4. The van der Waals surface area contributed by atoms with Gasteiger partial charge in [0.25, 0.3) is 0 Å². The molecule has 0 radical (unpaired) electrons. The molecule has 1 saturated heterocycles. The van der Waals surface area contributed by atoms with Gasteiger partial charge in [-0.3, -0.25) is 0 Å².